The minimum Gasteiger partial charge on any atom is -0.507 e. The molecule has 23 heavy (non-hydrogen) atoms. The van der Waals surface area contributed by atoms with Gasteiger partial charge in [0.1, 0.15) is 17.2 Å². The molecule has 0 spiro atoms. The molecule has 0 saturated carbocycles. The normalized spacial score (nSPS) is 10.5. The van der Waals surface area contributed by atoms with Gasteiger partial charge in [-0.1, -0.05) is 18.2 Å². The van der Waals surface area contributed by atoms with Crippen LogP contribution in [0.5, 0.6) is 17.2 Å². The summed E-state index contributed by atoms with van der Waals surface area (Å²) in [5.41, 5.74) is 3.72. The number of aromatic hydroxyl groups is 1. The maximum absolute atomic E-state index is 11.7. The number of phenols is 1. The number of nitrogens with one attached hydrogen (secondary N) is 1. The van der Waals surface area contributed by atoms with Crippen LogP contribution >= 0.6 is 0 Å². The molecule has 0 unspecified atom stereocenters. The second-order valence-corrected chi connectivity index (χ2v) is 4.77. The van der Waals surface area contributed by atoms with Gasteiger partial charge in [-0.3, -0.25) is 4.79 Å². The summed E-state index contributed by atoms with van der Waals surface area (Å²) in [6, 6.07) is 12.1. The fraction of sp³-hybridized carbons (Fsp3) is 0.176. The number of para-hydroxylation sites is 1. The smallest absolute Gasteiger partial charge is 0.277 e. The van der Waals surface area contributed by atoms with Gasteiger partial charge in [-0.2, -0.15) is 5.10 Å². The number of hydrogen-bond donors (Lipinski definition) is 2. The molecule has 2 aromatic rings. The molecular weight excluding hydrogens is 296 g/mol. The molecule has 2 aromatic carbocycles. The maximum Gasteiger partial charge on any atom is 0.277 e. The molecule has 0 heterocycles. The Balaban J connectivity index is 1.88. The highest BCUT2D eigenvalue weighted by atomic mass is 16.5. The lowest BCUT2D eigenvalue weighted by molar-refractivity contribution is -0.123. The molecule has 0 radical (unpaired) electrons. The van der Waals surface area contributed by atoms with Gasteiger partial charge in [0, 0.05) is 5.56 Å². The third-order valence-electron chi connectivity index (χ3n) is 3.08. The van der Waals surface area contributed by atoms with E-state index in [1.54, 1.807) is 18.2 Å². The molecule has 6 nitrogen and oxygen atoms in total. The van der Waals surface area contributed by atoms with E-state index in [0.717, 1.165) is 5.56 Å². The van der Waals surface area contributed by atoms with Crippen molar-refractivity contribution in [3.05, 3.63) is 53.6 Å². The SMILES string of the molecule is COc1ccc(O)c(/C=N/NC(=O)COc2ccccc2C)c1. The Morgan fingerprint density at radius 3 is 2.83 bits per heavy atom. The summed E-state index contributed by atoms with van der Waals surface area (Å²) in [4.78, 5) is 11.7. The van der Waals surface area contributed by atoms with Crippen LogP contribution in [0.1, 0.15) is 11.1 Å². The highest BCUT2D eigenvalue weighted by Crippen LogP contribution is 2.21. The summed E-state index contributed by atoms with van der Waals surface area (Å²) in [6.45, 7) is 1.75. The fourth-order valence-corrected chi connectivity index (χ4v) is 1.83. The zero-order valence-electron chi connectivity index (χ0n) is 12.9. The molecule has 2 N–H and O–H groups in total. The van der Waals surface area contributed by atoms with Crippen LogP contribution in [0.25, 0.3) is 0 Å². The highest BCUT2D eigenvalue weighted by molar-refractivity contribution is 5.85. The van der Waals surface area contributed by atoms with Crippen molar-refractivity contribution >= 4 is 12.1 Å². The van der Waals surface area contributed by atoms with Crippen LogP contribution in [0.4, 0.5) is 0 Å². The summed E-state index contributed by atoms with van der Waals surface area (Å²) in [5.74, 6) is 0.877. The molecule has 2 rings (SSSR count). The van der Waals surface area contributed by atoms with E-state index in [-0.39, 0.29) is 12.4 Å². The van der Waals surface area contributed by atoms with E-state index < -0.39 is 5.91 Å². The molecule has 0 aliphatic heterocycles. The van der Waals surface area contributed by atoms with Crippen molar-refractivity contribution in [1.29, 1.82) is 0 Å². The van der Waals surface area contributed by atoms with Crippen molar-refractivity contribution < 1.29 is 19.4 Å². The Hall–Kier alpha value is -3.02. The van der Waals surface area contributed by atoms with Gasteiger partial charge in [-0.05, 0) is 36.8 Å². The Kier molecular flexibility index (Phi) is 5.57. The van der Waals surface area contributed by atoms with Crippen molar-refractivity contribution in [2.75, 3.05) is 13.7 Å². The van der Waals surface area contributed by atoms with E-state index in [4.69, 9.17) is 9.47 Å². The second kappa shape index (κ2) is 7.84. The number of methoxy groups -OCH3 is 1. The predicted molar refractivity (Wildman–Crippen MR) is 87.1 cm³/mol. The Morgan fingerprint density at radius 1 is 1.30 bits per heavy atom. The van der Waals surface area contributed by atoms with E-state index in [0.29, 0.717) is 17.1 Å². The molecule has 0 bridgehead atoms. The lowest BCUT2D eigenvalue weighted by Crippen LogP contribution is -2.24. The largest absolute Gasteiger partial charge is 0.507 e. The van der Waals surface area contributed by atoms with E-state index in [9.17, 15) is 9.90 Å². The molecule has 0 fully saturated rings. The van der Waals surface area contributed by atoms with Gasteiger partial charge in [0.15, 0.2) is 6.61 Å². The summed E-state index contributed by atoms with van der Waals surface area (Å²) in [6.07, 6.45) is 1.34. The number of carbonyl (C=O) groups is 1. The van der Waals surface area contributed by atoms with Crippen molar-refractivity contribution in [1.82, 2.24) is 5.43 Å². The molecule has 0 atom stereocenters. The van der Waals surface area contributed by atoms with Crippen LogP contribution < -0.4 is 14.9 Å². The van der Waals surface area contributed by atoms with Gasteiger partial charge < -0.3 is 14.6 Å². The molecular formula is C17H18N2O4. The van der Waals surface area contributed by atoms with Crippen LogP contribution in [0.15, 0.2) is 47.6 Å². The third kappa shape index (κ3) is 4.74. The average molecular weight is 314 g/mol. The first kappa shape index (κ1) is 16.4. The summed E-state index contributed by atoms with van der Waals surface area (Å²) < 4.78 is 10.5. The van der Waals surface area contributed by atoms with E-state index in [1.807, 2.05) is 25.1 Å². The molecule has 0 aliphatic rings. The fourth-order valence-electron chi connectivity index (χ4n) is 1.83. The van der Waals surface area contributed by atoms with Crippen molar-refractivity contribution in [3.8, 4) is 17.2 Å². The molecule has 6 heteroatoms. The first-order chi connectivity index (χ1) is 11.1. The van der Waals surface area contributed by atoms with Crippen molar-refractivity contribution in [2.24, 2.45) is 5.10 Å². The number of aryl methyl sites for hydroxylation is 1. The minimum atomic E-state index is -0.396. The number of rotatable bonds is 6. The van der Waals surface area contributed by atoms with E-state index in [2.05, 4.69) is 10.5 Å². The van der Waals surface area contributed by atoms with Crippen molar-refractivity contribution in [3.63, 3.8) is 0 Å². The summed E-state index contributed by atoms with van der Waals surface area (Å²) in [7, 11) is 1.53. The zero-order chi connectivity index (χ0) is 16.7. The minimum absolute atomic E-state index is 0.0416. The van der Waals surface area contributed by atoms with Crippen LogP contribution in [-0.2, 0) is 4.79 Å². The van der Waals surface area contributed by atoms with Gasteiger partial charge in [0.2, 0.25) is 0 Å². The molecule has 0 saturated heterocycles. The zero-order valence-corrected chi connectivity index (χ0v) is 12.9. The molecule has 120 valence electrons. The van der Waals surface area contributed by atoms with Gasteiger partial charge in [-0.25, -0.2) is 5.43 Å². The number of amides is 1. The van der Waals surface area contributed by atoms with Crippen LogP contribution in [0.2, 0.25) is 0 Å². The maximum atomic E-state index is 11.7. The first-order valence-corrected chi connectivity index (χ1v) is 6.97. The van der Waals surface area contributed by atoms with Crippen LogP contribution in [0, 0.1) is 6.92 Å². The van der Waals surface area contributed by atoms with Gasteiger partial charge in [0.05, 0.1) is 13.3 Å². The molecule has 1 amide bonds. The third-order valence-corrected chi connectivity index (χ3v) is 3.08. The summed E-state index contributed by atoms with van der Waals surface area (Å²) in [5, 5.41) is 13.5. The standard InChI is InChI=1S/C17H18N2O4/c1-12-5-3-4-6-16(12)23-11-17(21)19-18-10-13-9-14(22-2)7-8-15(13)20/h3-10,20H,11H2,1-2H3,(H,19,21)/b18-10+. The number of hydrazone groups is 1. The lowest BCUT2D eigenvalue weighted by Gasteiger charge is -2.07. The topological polar surface area (TPSA) is 80.2 Å². The highest BCUT2D eigenvalue weighted by Gasteiger charge is 2.04. The summed E-state index contributed by atoms with van der Waals surface area (Å²) >= 11 is 0. The number of hydrogen-bond acceptors (Lipinski definition) is 5. The average Bonchev–Trinajstić information content (AvgIpc) is 2.56. The van der Waals surface area contributed by atoms with Gasteiger partial charge >= 0.3 is 0 Å². The van der Waals surface area contributed by atoms with Crippen LogP contribution in [0.3, 0.4) is 0 Å². The number of benzene rings is 2. The number of nitrogens with zero attached hydrogens (tertiary/aromatic N) is 1. The van der Waals surface area contributed by atoms with Gasteiger partial charge in [0.25, 0.3) is 5.91 Å². The quantitative estimate of drug-likeness (QED) is 0.633. The second-order valence-electron chi connectivity index (χ2n) is 4.77. The Morgan fingerprint density at radius 2 is 2.09 bits per heavy atom. The molecule has 0 aromatic heterocycles. The van der Waals surface area contributed by atoms with Crippen molar-refractivity contribution in [2.45, 2.75) is 6.92 Å². The first-order valence-electron chi connectivity index (χ1n) is 6.97. The number of ether oxygens (including phenoxy) is 2. The predicted octanol–water partition coefficient (Wildman–Crippen LogP) is 2.24. The lowest BCUT2D eigenvalue weighted by atomic mass is 10.2. The van der Waals surface area contributed by atoms with E-state index in [1.165, 1.54) is 19.4 Å². The number of phenolic OH excluding ortho intramolecular Hbond substituents is 1. The monoisotopic (exact) mass is 314 g/mol. The Bertz CT molecular complexity index is 713. The van der Waals surface area contributed by atoms with E-state index >= 15 is 0 Å². The Labute approximate surface area is 134 Å². The van der Waals surface area contributed by atoms with Crippen LogP contribution in [-0.4, -0.2) is 30.9 Å². The number of carbonyl (C=O) groups excluding carboxylic acids is 1. The molecule has 0 aliphatic carbocycles. The van der Waals surface area contributed by atoms with Gasteiger partial charge in [-0.15, -0.1) is 0 Å².